The fourth-order valence-corrected chi connectivity index (χ4v) is 2.09. The lowest BCUT2D eigenvalue weighted by Crippen LogP contribution is -2.26. The molecule has 92 valence electrons. The van der Waals surface area contributed by atoms with Crippen LogP contribution in [0.25, 0.3) is 0 Å². The molecule has 18 heavy (non-hydrogen) atoms. The van der Waals surface area contributed by atoms with Crippen LogP contribution >= 0.6 is 0 Å². The second-order valence-corrected chi connectivity index (χ2v) is 4.53. The molecule has 0 aliphatic rings. The highest BCUT2D eigenvalue weighted by Crippen LogP contribution is 2.14. The first-order valence-corrected chi connectivity index (χ1v) is 6.17. The number of benzene rings is 2. The van der Waals surface area contributed by atoms with E-state index in [2.05, 4.69) is 24.3 Å². The zero-order valence-electron chi connectivity index (χ0n) is 10.3. The molecule has 0 atom stereocenters. The molecule has 0 heterocycles. The molecule has 2 aromatic carbocycles. The Labute approximate surface area is 108 Å². The normalized spacial score (nSPS) is 10.5. The molecule has 0 radical (unpaired) electrons. The van der Waals surface area contributed by atoms with Gasteiger partial charge < -0.3 is 5.73 Å². The molecule has 0 aromatic heterocycles. The van der Waals surface area contributed by atoms with E-state index in [9.17, 15) is 0 Å². The number of hydrogen-bond donors (Lipinski definition) is 2. The molecule has 0 amide bonds. The quantitative estimate of drug-likeness (QED) is 0.610. The Morgan fingerprint density at radius 1 is 0.833 bits per heavy atom. The molecule has 0 unspecified atom stereocenters. The molecule has 0 aliphatic heterocycles. The number of amidine groups is 1. The Kier molecular flexibility index (Phi) is 4.13. The predicted molar refractivity (Wildman–Crippen MR) is 75.7 cm³/mol. The maximum absolute atomic E-state index is 7.73. The molecule has 2 nitrogen and oxygen atoms in total. The number of rotatable bonds is 5. The predicted octanol–water partition coefficient (Wildman–Crippen LogP) is 3.02. The van der Waals surface area contributed by atoms with Gasteiger partial charge in [-0.15, -0.1) is 0 Å². The van der Waals surface area contributed by atoms with Gasteiger partial charge in [0.05, 0.1) is 5.84 Å². The average Bonchev–Trinajstić information content (AvgIpc) is 2.40. The van der Waals surface area contributed by atoms with E-state index in [-0.39, 0.29) is 11.8 Å². The largest absolute Gasteiger partial charge is 0.387 e. The number of hydrogen-bond acceptors (Lipinski definition) is 1. The summed E-state index contributed by atoms with van der Waals surface area (Å²) in [7, 11) is 0. The molecule has 0 fully saturated rings. The van der Waals surface area contributed by atoms with Crippen molar-refractivity contribution in [2.75, 3.05) is 0 Å². The summed E-state index contributed by atoms with van der Waals surface area (Å²) >= 11 is 0. The SMILES string of the molecule is N=C(N)C(Cc1ccccc1)Cc1ccccc1. The van der Waals surface area contributed by atoms with Crippen LogP contribution in [0.5, 0.6) is 0 Å². The van der Waals surface area contributed by atoms with Gasteiger partial charge in [0.1, 0.15) is 0 Å². The van der Waals surface area contributed by atoms with E-state index >= 15 is 0 Å². The summed E-state index contributed by atoms with van der Waals surface area (Å²) in [6.07, 6.45) is 1.65. The Hall–Kier alpha value is -2.09. The number of nitrogens with two attached hydrogens (primary N) is 1. The highest BCUT2D eigenvalue weighted by Gasteiger charge is 2.13. The first-order valence-electron chi connectivity index (χ1n) is 6.17. The molecule has 2 aromatic rings. The Bertz CT molecular complexity index is 450. The van der Waals surface area contributed by atoms with Crippen molar-refractivity contribution in [3.63, 3.8) is 0 Å². The standard InChI is InChI=1S/C16H18N2/c17-16(18)15(11-13-7-3-1-4-8-13)12-14-9-5-2-6-10-14/h1-10,15H,11-12H2,(H3,17,18). The molecule has 2 rings (SSSR count). The van der Waals surface area contributed by atoms with Gasteiger partial charge in [0, 0.05) is 5.92 Å². The van der Waals surface area contributed by atoms with Crippen LogP contribution in [0.1, 0.15) is 11.1 Å². The lowest BCUT2D eigenvalue weighted by Gasteiger charge is -2.15. The van der Waals surface area contributed by atoms with E-state index in [0.29, 0.717) is 0 Å². The zero-order chi connectivity index (χ0) is 12.8. The Morgan fingerprint density at radius 3 is 1.56 bits per heavy atom. The van der Waals surface area contributed by atoms with Crippen LogP contribution < -0.4 is 5.73 Å². The van der Waals surface area contributed by atoms with E-state index in [1.807, 2.05) is 36.4 Å². The summed E-state index contributed by atoms with van der Waals surface area (Å²) in [6, 6.07) is 20.4. The minimum atomic E-state index is 0.0785. The van der Waals surface area contributed by atoms with Crippen LogP contribution in [0.3, 0.4) is 0 Å². The Balaban J connectivity index is 2.08. The van der Waals surface area contributed by atoms with Crippen molar-refractivity contribution < 1.29 is 0 Å². The summed E-state index contributed by atoms with van der Waals surface area (Å²) in [5.74, 6) is 0.345. The third-order valence-electron chi connectivity index (χ3n) is 3.09. The van der Waals surface area contributed by atoms with E-state index in [4.69, 9.17) is 11.1 Å². The second kappa shape index (κ2) is 6.01. The summed E-state index contributed by atoms with van der Waals surface area (Å²) < 4.78 is 0. The van der Waals surface area contributed by atoms with Crippen LogP contribution in [0.15, 0.2) is 60.7 Å². The topological polar surface area (TPSA) is 49.9 Å². The van der Waals surface area contributed by atoms with Crippen molar-refractivity contribution in [2.45, 2.75) is 12.8 Å². The van der Waals surface area contributed by atoms with Crippen LogP contribution in [0, 0.1) is 11.3 Å². The van der Waals surface area contributed by atoms with E-state index in [1.54, 1.807) is 0 Å². The third kappa shape index (κ3) is 3.45. The van der Waals surface area contributed by atoms with Gasteiger partial charge in [-0.25, -0.2) is 0 Å². The molecule has 3 N–H and O–H groups in total. The molecular formula is C16H18N2. The lowest BCUT2D eigenvalue weighted by molar-refractivity contribution is 0.673. The van der Waals surface area contributed by atoms with Crippen molar-refractivity contribution in [2.24, 2.45) is 11.7 Å². The summed E-state index contributed by atoms with van der Waals surface area (Å²) in [6.45, 7) is 0. The van der Waals surface area contributed by atoms with E-state index in [0.717, 1.165) is 12.8 Å². The van der Waals surface area contributed by atoms with Gasteiger partial charge in [-0.2, -0.15) is 0 Å². The maximum Gasteiger partial charge on any atom is 0.0943 e. The highest BCUT2D eigenvalue weighted by atomic mass is 14.7. The van der Waals surface area contributed by atoms with Crippen molar-refractivity contribution in [1.82, 2.24) is 0 Å². The zero-order valence-corrected chi connectivity index (χ0v) is 10.3. The fraction of sp³-hybridized carbons (Fsp3) is 0.188. The molecular weight excluding hydrogens is 220 g/mol. The van der Waals surface area contributed by atoms with Crippen LogP contribution in [-0.4, -0.2) is 5.84 Å². The van der Waals surface area contributed by atoms with Gasteiger partial charge in [-0.05, 0) is 24.0 Å². The van der Waals surface area contributed by atoms with Crippen LogP contribution in [-0.2, 0) is 12.8 Å². The lowest BCUT2D eigenvalue weighted by atomic mass is 9.92. The van der Waals surface area contributed by atoms with Gasteiger partial charge in [0.2, 0.25) is 0 Å². The van der Waals surface area contributed by atoms with Gasteiger partial charge >= 0.3 is 0 Å². The van der Waals surface area contributed by atoms with Gasteiger partial charge in [0.15, 0.2) is 0 Å². The van der Waals surface area contributed by atoms with Gasteiger partial charge in [-0.1, -0.05) is 60.7 Å². The first kappa shape index (κ1) is 12.4. The first-order chi connectivity index (χ1) is 8.75. The molecule has 0 bridgehead atoms. The maximum atomic E-state index is 7.73. The third-order valence-corrected chi connectivity index (χ3v) is 3.09. The molecule has 0 saturated heterocycles. The molecule has 2 heteroatoms. The van der Waals surface area contributed by atoms with E-state index < -0.39 is 0 Å². The summed E-state index contributed by atoms with van der Waals surface area (Å²) in [4.78, 5) is 0. The van der Waals surface area contributed by atoms with Crippen molar-refractivity contribution in [3.8, 4) is 0 Å². The Morgan fingerprint density at radius 2 is 1.22 bits per heavy atom. The van der Waals surface area contributed by atoms with Gasteiger partial charge in [-0.3, -0.25) is 5.41 Å². The minimum absolute atomic E-state index is 0.0785. The fourth-order valence-electron chi connectivity index (χ4n) is 2.09. The van der Waals surface area contributed by atoms with Crippen LogP contribution in [0.4, 0.5) is 0 Å². The van der Waals surface area contributed by atoms with E-state index in [1.165, 1.54) is 11.1 Å². The summed E-state index contributed by atoms with van der Waals surface area (Å²) in [5.41, 5.74) is 8.18. The molecule has 0 aliphatic carbocycles. The average molecular weight is 238 g/mol. The van der Waals surface area contributed by atoms with Crippen molar-refractivity contribution in [3.05, 3.63) is 71.8 Å². The van der Waals surface area contributed by atoms with Crippen LogP contribution in [0.2, 0.25) is 0 Å². The smallest absolute Gasteiger partial charge is 0.0943 e. The monoisotopic (exact) mass is 238 g/mol. The second-order valence-electron chi connectivity index (χ2n) is 4.53. The van der Waals surface area contributed by atoms with Crippen molar-refractivity contribution in [1.29, 1.82) is 5.41 Å². The molecule has 0 saturated carbocycles. The minimum Gasteiger partial charge on any atom is -0.387 e. The van der Waals surface area contributed by atoms with Gasteiger partial charge in [0.25, 0.3) is 0 Å². The number of nitrogens with one attached hydrogen (secondary N) is 1. The van der Waals surface area contributed by atoms with Crippen molar-refractivity contribution >= 4 is 5.84 Å². The highest BCUT2D eigenvalue weighted by molar-refractivity contribution is 5.80. The molecule has 0 spiro atoms. The summed E-state index contributed by atoms with van der Waals surface area (Å²) in [5, 5.41) is 7.73.